The molecular weight excluding hydrogens is 480 g/mol. The number of nitrogens with zero attached hydrogens (tertiary/aromatic N) is 6. The Kier molecular flexibility index (Phi) is 7.65. The third-order valence-corrected chi connectivity index (χ3v) is 7.74. The summed E-state index contributed by atoms with van der Waals surface area (Å²) in [6.07, 6.45) is 8.99. The van der Waals surface area contributed by atoms with Crippen molar-refractivity contribution < 1.29 is 9.53 Å². The molecule has 1 fully saturated rings. The number of hydrogen-bond acceptors (Lipinski definition) is 6. The first kappa shape index (κ1) is 25.8. The lowest BCUT2D eigenvalue weighted by atomic mass is 9.93. The fourth-order valence-corrected chi connectivity index (χ4v) is 5.48. The Labute approximate surface area is 223 Å². The van der Waals surface area contributed by atoms with Crippen LogP contribution in [0.1, 0.15) is 48.6 Å². The molecule has 5 heterocycles. The Morgan fingerprint density at radius 3 is 2.84 bits per heavy atom. The number of urea groups is 1. The average Bonchev–Trinajstić information content (AvgIpc) is 3.72. The third-order valence-electron chi connectivity index (χ3n) is 7.74. The summed E-state index contributed by atoms with van der Waals surface area (Å²) in [6, 6.07) is 6.37. The summed E-state index contributed by atoms with van der Waals surface area (Å²) in [4.78, 5) is 16.2. The summed E-state index contributed by atoms with van der Waals surface area (Å²) in [5, 5.41) is 24.6. The van der Waals surface area contributed by atoms with E-state index in [0.29, 0.717) is 18.7 Å². The fourth-order valence-electron chi connectivity index (χ4n) is 5.48. The smallest absolute Gasteiger partial charge is 0.317 e. The zero-order chi connectivity index (χ0) is 26.6. The highest BCUT2D eigenvalue weighted by molar-refractivity contribution is 5.79. The monoisotopic (exact) mass is 516 g/mol. The first-order valence-corrected chi connectivity index (χ1v) is 13.5. The van der Waals surface area contributed by atoms with Gasteiger partial charge in [-0.25, -0.2) is 4.79 Å². The molecule has 3 aliphatic rings. The van der Waals surface area contributed by atoms with Crippen LogP contribution in [0.5, 0.6) is 0 Å². The first-order valence-electron chi connectivity index (χ1n) is 13.5. The molecule has 2 amide bonds. The van der Waals surface area contributed by atoms with Gasteiger partial charge in [0.2, 0.25) is 0 Å². The van der Waals surface area contributed by atoms with Crippen LogP contribution in [-0.4, -0.2) is 64.3 Å². The number of amides is 2. The van der Waals surface area contributed by atoms with Gasteiger partial charge in [-0.05, 0) is 42.9 Å². The number of carbonyl (C=O) groups excluding carboxylic acids is 1. The molecule has 10 heteroatoms. The Balaban J connectivity index is 0.000000366. The van der Waals surface area contributed by atoms with Crippen LogP contribution in [0.4, 0.5) is 16.3 Å². The van der Waals surface area contributed by atoms with E-state index < -0.39 is 0 Å². The number of nitriles is 1. The SMILES string of the molecule is CC[C@H]1CCOC1.CNC(=O)N1CCc2[nH]nc(N3CCCc4cc(-c5cnn(C)c5)c(C#N)cc43)c2C1. The highest BCUT2D eigenvalue weighted by Crippen LogP contribution is 2.40. The van der Waals surface area contributed by atoms with E-state index in [1.54, 1.807) is 22.8 Å². The van der Waals surface area contributed by atoms with Crippen molar-refractivity contribution in [1.29, 1.82) is 5.26 Å². The summed E-state index contributed by atoms with van der Waals surface area (Å²) < 4.78 is 6.89. The van der Waals surface area contributed by atoms with E-state index in [1.165, 1.54) is 18.4 Å². The summed E-state index contributed by atoms with van der Waals surface area (Å²) in [6.45, 7) is 6.24. The van der Waals surface area contributed by atoms with Crippen LogP contribution in [0.2, 0.25) is 0 Å². The molecule has 3 aliphatic heterocycles. The fraction of sp³-hybridized carbons (Fsp3) is 0.500. The molecule has 2 aromatic heterocycles. The predicted molar refractivity (Wildman–Crippen MR) is 145 cm³/mol. The molecule has 0 aliphatic carbocycles. The average molecular weight is 517 g/mol. The van der Waals surface area contributed by atoms with Gasteiger partial charge >= 0.3 is 6.03 Å². The van der Waals surface area contributed by atoms with Crippen LogP contribution >= 0.6 is 0 Å². The summed E-state index contributed by atoms with van der Waals surface area (Å²) >= 11 is 0. The molecule has 6 rings (SSSR count). The Morgan fingerprint density at radius 2 is 2.18 bits per heavy atom. The number of benzene rings is 1. The van der Waals surface area contributed by atoms with Crippen molar-refractivity contribution in [1.82, 2.24) is 30.2 Å². The number of hydrogen-bond donors (Lipinski definition) is 2. The standard InChI is InChI=1S/C22H24N8O.C6H12O/c1-24-22(31)29-7-5-19-18(13-29)21(27-26-19)30-6-3-4-14-8-17(15(10-23)9-20(14)30)16-11-25-28(2)12-16;1-2-6-3-4-7-5-6/h8-9,11-12H,3-7,13H2,1-2H3,(H,24,31)(H,26,27);6H,2-5H2,1H3/t;6-/m.0/s1. The molecule has 0 saturated carbocycles. The minimum Gasteiger partial charge on any atom is -0.381 e. The zero-order valence-electron chi connectivity index (χ0n) is 22.5. The summed E-state index contributed by atoms with van der Waals surface area (Å²) in [7, 11) is 3.52. The molecule has 200 valence electrons. The maximum absolute atomic E-state index is 12.2. The molecule has 1 atom stereocenters. The van der Waals surface area contributed by atoms with Crippen molar-refractivity contribution in [3.63, 3.8) is 0 Å². The second-order valence-corrected chi connectivity index (χ2v) is 10.2. The number of fused-ring (bicyclic) bond motifs is 2. The maximum Gasteiger partial charge on any atom is 0.317 e. The molecule has 38 heavy (non-hydrogen) atoms. The van der Waals surface area contributed by atoms with Crippen molar-refractivity contribution in [2.45, 2.75) is 45.6 Å². The van der Waals surface area contributed by atoms with Gasteiger partial charge in [0.05, 0.1) is 24.4 Å². The van der Waals surface area contributed by atoms with E-state index >= 15 is 0 Å². The number of nitrogens with one attached hydrogen (secondary N) is 2. The zero-order valence-corrected chi connectivity index (χ0v) is 22.5. The second kappa shape index (κ2) is 11.3. The normalized spacial score (nSPS) is 18.2. The van der Waals surface area contributed by atoms with Crippen LogP contribution in [0, 0.1) is 17.2 Å². The Morgan fingerprint density at radius 1 is 1.32 bits per heavy atom. The van der Waals surface area contributed by atoms with Gasteiger partial charge in [-0.1, -0.05) is 13.3 Å². The molecule has 0 radical (unpaired) electrons. The Hall–Kier alpha value is -3.84. The lowest BCUT2D eigenvalue weighted by Gasteiger charge is -2.33. The minimum atomic E-state index is -0.0790. The lowest BCUT2D eigenvalue weighted by molar-refractivity contribution is 0.185. The molecule has 1 saturated heterocycles. The van der Waals surface area contributed by atoms with E-state index in [9.17, 15) is 10.1 Å². The summed E-state index contributed by atoms with van der Waals surface area (Å²) in [5.74, 6) is 1.72. The highest BCUT2D eigenvalue weighted by Gasteiger charge is 2.30. The predicted octanol–water partition coefficient (Wildman–Crippen LogP) is 3.90. The van der Waals surface area contributed by atoms with E-state index in [1.807, 2.05) is 19.3 Å². The number of ether oxygens (including phenoxy) is 1. The number of anilines is 2. The lowest BCUT2D eigenvalue weighted by Crippen LogP contribution is -2.41. The number of carbonyl (C=O) groups is 1. The summed E-state index contributed by atoms with van der Waals surface area (Å²) in [5.41, 5.74) is 6.81. The van der Waals surface area contributed by atoms with Gasteiger partial charge in [0, 0.05) is 81.1 Å². The highest BCUT2D eigenvalue weighted by atomic mass is 16.5. The number of aromatic amines is 1. The van der Waals surface area contributed by atoms with Crippen LogP contribution in [0.3, 0.4) is 0 Å². The van der Waals surface area contributed by atoms with Gasteiger partial charge in [0.25, 0.3) is 0 Å². The van der Waals surface area contributed by atoms with E-state index in [-0.39, 0.29) is 6.03 Å². The Bertz CT molecular complexity index is 1330. The van der Waals surface area contributed by atoms with Crippen LogP contribution < -0.4 is 10.2 Å². The van der Waals surface area contributed by atoms with E-state index in [4.69, 9.17) is 4.74 Å². The van der Waals surface area contributed by atoms with Crippen LogP contribution in [-0.2, 0) is 31.2 Å². The third kappa shape index (κ3) is 5.11. The van der Waals surface area contributed by atoms with Gasteiger partial charge in [0.15, 0.2) is 5.82 Å². The van der Waals surface area contributed by atoms with Crippen molar-refractivity contribution >= 4 is 17.5 Å². The molecule has 0 bridgehead atoms. The number of aromatic nitrogens is 4. The minimum absolute atomic E-state index is 0.0790. The molecule has 0 spiro atoms. The topological polar surface area (TPSA) is 115 Å². The van der Waals surface area contributed by atoms with Crippen LogP contribution in [0.15, 0.2) is 24.5 Å². The largest absolute Gasteiger partial charge is 0.381 e. The molecule has 1 aromatic carbocycles. The van der Waals surface area contributed by atoms with E-state index in [2.05, 4.69) is 44.6 Å². The van der Waals surface area contributed by atoms with Crippen molar-refractivity contribution in [3.05, 3.63) is 46.9 Å². The number of rotatable bonds is 3. The van der Waals surface area contributed by atoms with Crippen molar-refractivity contribution in [2.75, 3.05) is 38.3 Å². The van der Waals surface area contributed by atoms with Gasteiger partial charge in [-0.3, -0.25) is 9.78 Å². The molecular formula is C28H36N8O2. The number of H-pyrrole nitrogens is 1. The molecule has 2 N–H and O–H groups in total. The van der Waals surface area contributed by atoms with Gasteiger partial charge in [-0.2, -0.15) is 15.5 Å². The molecule has 0 unspecified atom stereocenters. The maximum atomic E-state index is 12.2. The molecule has 3 aromatic rings. The molecule has 10 nitrogen and oxygen atoms in total. The first-order chi connectivity index (χ1) is 18.5. The van der Waals surface area contributed by atoms with Crippen molar-refractivity contribution in [2.24, 2.45) is 13.0 Å². The quantitative estimate of drug-likeness (QED) is 0.546. The second-order valence-electron chi connectivity index (χ2n) is 10.2. The van der Waals surface area contributed by atoms with Gasteiger partial charge in [0.1, 0.15) is 0 Å². The van der Waals surface area contributed by atoms with E-state index in [0.717, 1.165) is 78.8 Å². The van der Waals surface area contributed by atoms with Crippen LogP contribution in [0.25, 0.3) is 11.1 Å². The number of aryl methyl sites for hydroxylation is 2. The van der Waals surface area contributed by atoms with Gasteiger partial charge < -0.3 is 19.9 Å². The van der Waals surface area contributed by atoms with Gasteiger partial charge in [-0.15, -0.1) is 0 Å². The van der Waals surface area contributed by atoms with Crippen molar-refractivity contribution in [3.8, 4) is 17.2 Å².